The number of ether oxygens (including phenoxy) is 3. The summed E-state index contributed by atoms with van der Waals surface area (Å²) in [4.78, 5) is 157. The number of nitrogens with zero attached hydrogens (tertiary/aromatic N) is 2. The van der Waals surface area contributed by atoms with Gasteiger partial charge in [-0.1, -0.05) is 52.7 Å². The summed E-state index contributed by atoms with van der Waals surface area (Å²) in [6.07, 6.45) is 8.48. The number of pyridine rings is 2. The molecule has 1 unspecified atom stereocenters. The Labute approximate surface area is 438 Å². The van der Waals surface area contributed by atoms with Gasteiger partial charge in [-0.25, -0.2) is 19.2 Å². The lowest BCUT2D eigenvalue weighted by Crippen LogP contribution is -2.47. The van der Waals surface area contributed by atoms with Gasteiger partial charge in [-0.3, -0.25) is 43.2 Å². The molecular formula is C50H70N8O18. The lowest BCUT2D eigenvalue weighted by molar-refractivity contribution is -0.147. The highest BCUT2D eigenvalue weighted by atomic mass is 16.5. The Kier molecular flexibility index (Phi) is 30.1. The fourth-order valence-electron chi connectivity index (χ4n) is 6.64. The molecule has 2 aromatic heterocycles. The van der Waals surface area contributed by atoms with Crippen LogP contribution in [0, 0.1) is 11.8 Å². The first-order chi connectivity index (χ1) is 35.9. The van der Waals surface area contributed by atoms with Crippen LogP contribution >= 0.6 is 0 Å². The predicted molar refractivity (Wildman–Crippen MR) is 273 cm³/mol. The summed E-state index contributed by atoms with van der Waals surface area (Å²) in [5.41, 5.74) is -1.68. The third-order valence-electron chi connectivity index (χ3n) is 11.1. The van der Waals surface area contributed by atoms with Gasteiger partial charge in [-0.2, -0.15) is 0 Å². The van der Waals surface area contributed by atoms with E-state index in [9.17, 15) is 62.3 Å². The summed E-state index contributed by atoms with van der Waals surface area (Å²) in [7, 11) is 2.43. The fourth-order valence-corrected chi connectivity index (χ4v) is 6.64. The standard InChI is InChI=1S/C27H38N4O10.C23H32N4O8/c1-5-17(3)24(27(39)40-4)30-21(33)16-31-15-9-11-19(26(31)38)29-25(37)18(28-20(32)13-14-22(34)35)10-7-8-12-23(36)41-6-2;1-5-14(2)20(23(34)35-4)26-18(29)13-27-12-8-10-17(22(27)33)25-21(32)16(24-15(3)28)9-6-7-11-19(30)31/h8-9,11-12,15,17-18,24H,5-7,10,13-14,16H2,1-4H3,(H,28,32)(H,29,37)(H,30,33)(H,34,35);7-8,10-12,14,16,20H,5-6,9,13H2,1-4H3,(H,24,28)(H,25,32)(H,26,29)(H,30,31)/b12-8+;11-7+/t17-,18+,24+;14-,16?,20+/m11/s1. The molecule has 8 N–H and O–H groups in total. The van der Waals surface area contributed by atoms with E-state index >= 15 is 0 Å². The van der Waals surface area contributed by atoms with Gasteiger partial charge in [0.2, 0.25) is 35.4 Å². The van der Waals surface area contributed by atoms with Crippen molar-refractivity contribution in [1.82, 2.24) is 30.4 Å². The molecule has 418 valence electrons. The maximum absolute atomic E-state index is 13.0. The van der Waals surface area contributed by atoms with Crippen LogP contribution in [-0.2, 0) is 80.0 Å². The quantitative estimate of drug-likeness (QED) is 0.0309. The number of aliphatic carboxylic acids is 2. The number of aromatic nitrogens is 2. The lowest BCUT2D eigenvalue weighted by atomic mass is 9.99. The monoisotopic (exact) mass is 1070 g/mol. The van der Waals surface area contributed by atoms with Crippen molar-refractivity contribution in [2.24, 2.45) is 11.8 Å². The molecule has 2 aromatic rings. The summed E-state index contributed by atoms with van der Waals surface area (Å²) in [6, 6.07) is 1.59. The first kappa shape index (κ1) is 65.6. The Balaban J connectivity index is 0.000000770. The number of carboxylic acid groups (broad SMARTS) is 2. The van der Waals surface area contributed by atoms with Gasteiger partial charge in [0, 0.05) is 37.9 Å². The van der Waals surface area contributed by atoms with E-state index in [1.165, 1.54) is 76.0 Å². The van der Waals surface area contributed by atoms with E-state index in [0.29, 0.717) is 12.8 Å². The maximum Gasteiger partial charge on any atom is 0.330 e. The molecule has 0 aliphatic heterocycles. The topological polar surface area (TPSA) is 372 Å². The first-order valence-electron chi connectivity index (χ1n) is 24.2. The van der Waals surface area contributed by atoms with Crippen molar-refractivity contribution in [3.8, 4) is 0 Å². The molecule has 26 heteroatoms. The zero-order chi connectivity index (χ0) is 57.5. The molecule has 0 aromatic carbocycles. The largest absolute Gasteiger partial charge is 0.481 e. The second kappa shape index (κ2) is 34.9. The Bertz CT molecular complexity index is 2540. The minimum absolute atomic E-state index is 0.0223. The molecular weight excluding hydrogens is 1000 g/mol. The molecule has 2 heterocycles. The molecule has 6 atom stereocenters. The molecule has 0 bridgehead atoms. The van der Waals surface area contributed by atoms with E-state index in [1.807, 2.05) is 13.8 Å². The summed E-state index contributed by atoms with van der Waals surface area (Å²) in [5, 5.41) is 32.4. The number of esters is 3. The lowest BCUT2D eigenvalue weighted by Gasteiger charge is -2.22. The number of rotatable bonds is 30. The van der Waals surface area contributed by atoms with Crippen LogP contribution in [0.4, 0.5) is 11.4 Å². The van der Waals surface area contributed by atoms with Gasteiger partial charge in [0.1, 0.15) is 48.6 Å². The number of allylic oxidation sites excluding steroid dienone is 2. The number of amides is 6. The molecule has 26 nitrogen and oxygen atoms in total. The number of anilines is 2. The molecule has 0 saturated heterocycles. The highest BCUT2D eigenvalue weighted by Gasteiger charge is 2.29. The van der Waals surface area contributed by atoms with Gasteiger partial charge in [0.25, 0.3) is 11.1 Å². The number of hydrogen-bond acceptors (Lipinski definition) is 16. The van der Waals surface area contributed by atoms with Crippen LogP contribution in [0.15, 0.2) is 70.6 Å². The van der Waals surface area contributed by atoms with Crippen molar-refractivity contribution in [1.29, 1.82) is 0 Å². The van der Waals surface area contributed by atoms with Gasteiger partial charge in [-0.05, 0) is 68.7 Å². The molecule has 0 aliphatic rings. The van der Waals surface area contributed by atoms with Crippen molar-refractivity contribution < 1.29 is 77.2 Å². The van der Waals surface area contributed by atoms with Crippen LogP contribution in [0.3, 0.4) is 0 Å². The van der Waals surface area contributed by atoms with E-state index in [4.69, 9.17) is 24.4 Å². The van der Waals surface area contributed by atoms with Gasteiger partial charge < -0.3 is 65.5 Å². The van der Waals surface area contributed by atoms with E-state index in [0.717, 1.165) is 15.2 Å². The Morgan fingerprint density at radius 3 is 1.43 bits per heavy atom. The normalized spacial score (nSPS) is 13.2. The van der Waals surface area contributed by atoms with Crippen LogP contribution in [0.1, 0.15) is 92.9 Å². The van der Waals surface area contributed by atoms with Crippen LogP contribution in [0.25, 0.3) is 0 Å². The average molecular weight is 1070 g/mol. The van der Waals surface area contributed by atoms with E-state index in [2.05, 4.69) is 31.9 Å². The van der Waals surface area contributed by atoms with E-state index in [-0.39, 0.29) is 61.9 Å². The number of nitrogens with one attached hydrogen (secondary N) is 6. The Hall–Kier alpha value is -8.45. The van der Waals surface area contributed by atoms with Crippen molar-refractivity contribution in [3.05, 3.63) is 81.7 Å². The smallest absolute Gasteiger partial charge is 0.330 e. The summed E-state index contributed by atoms with van der Waals surface area (Å²) < 4.78 is 16.4. The molecule has 0 saturated carbocycles. The molecule has 76 heavy (non-hydrogen) atoms. The van der Waals surface area contributed by atoms with Crippen molar-refractivity contribution in [3.63, 3.8) is 0 Å². The number of methoxy groups -OCH3 is 2. The van der Waals surface area contributed by atoms with Crippen molar-refractivity contribution in [2.75, 3.05) is 31.5 Å². The fraction of sp³-hybridized carbons (Fsp3) is 0.500. The van der Waals surface area contributed by atoms with Gasteiger partial charge in [0.05, 0.1) is 27.2 Å². The maximum atomic E-state index is 13.0. The molecule has 0 fully saturated rings. The average Bonchev–Trinajstić information content (AvgIpc) is 3.37. The highest BCUT2D eigenvalue weighted by Crippen LogP contribution is 2.12. The zero-order valence-corrected chi connectivity index (χ0v) is 43.8. The molecule has 2 rings (SSSR count). The second-order valence-corrected chi connectivity index (χ2v) is 16.9. The molecule has 6 amide bonds. The third kappa shape index (κ3) is 24.5. The summed E-state index contributed by atoms with van der Waals surface area (Å²) in [6.45, 7) is 9.48. The SMILES string of the molecule is CCOC(=O)/C=C/CC[C@H](NC(=O)CCC(=O)O)C(=O)Nc1cccn(CC(=O)N[C@H](C(=O)OC)[C@H](C)CC)c1=O.CC[C@@H](C)[C@H](NC(=O)Cn1cccc(NC(=O)C(CC/C=C/C(=O)O)NC(C)=O)c1=O)C(=O)OC. The Morgan fingerprint density at radius 2 is 1.05 bits per heavy atom. The van der Waals surface area contributed by atoms with E-state index in [1.54, 1.807) is 20.8 Å². The number of carboxylic acids is 2. The molecule has 0 spiro atoms. The van der Waals surface area contributed by atoms with Crippen LogP contribution < -0.4 is 43.0 Å². The van der Waals surface area contributed by atoms with Gasteiger partial charge in [-0.15, -0.1) is 0 Å². The van der Waals surface area contributed by atoms with Crippen LogP contribution in [0.2, 0.25) is 0 Å². The van der Waals surface area contributed by atoms with Crippen molar-refractivity contribution >= 4 is 76.7 Å². The number of carbonyl (C=O) groups excluding carboxylic acids is 9. The minimum Gasteiger partial charge on any atom is -0.481 e. The Morgan fingerprint density at radius 1 is 0.618 bits per heavy atom. The van der Waals surface area contributed by atoms with Gasteiger partial charge in [0.15, 0.2) is 0 Å². The third-order valence-corrected chi connectivity index (χ3v) is 11.1. The second-order valence-electron chi connectivity index (χ2n) is 16.9. The van der Waals surface area contributed by atoms with Crippen LogP contribution in [-0.4, -0.2) is 130 Å². The van der Waals surface area contributed by atoms with Gasteiger partial charge >= 0.3 is 29.8 Å². The van der Waals surface area contributed by atoms with E-state index < -0.39 is 120 Å². The number of carbonyl (C=O) groups is 11. The highest BCUT2D eigenvalue weighted by molar-refractivity contribution is 5.98. The number of hydrogen-bond donors (Lipinski definition) is 8. The summed E-state index contributed by atoms with van der Waals surface area (Å²) >= 11 is 0. The molecule has 0 radical (unpaired) electrons. The predicted octanol–water partition coefficient (Wildman–Crippen LogP) is 1.16. The zero-order valence-electron chi connectivity index (χ0n) is 43.8. The summed E-state index contributed by atoms with van der Waals surface area (Å²) in [5.74, 6) is -8.33. The first-order valence-corrected chi connectivity index (χ1v) is 24.2. The molecule has 0 aliphatic carbocycles. The van der Waals surface area contributed by atoms with Crippen LogP contribution in [0.5, 0.6) is 0 Å². The van der Waals surface area contributed by atoms with Crippen molar-refractivity contribution in [2.45, 2.75) is 130 Å². The minimum atomic E-state index is -1.19.